The molecule has 11 heteroatoms. The number of sulfone groups is 1. The molecule has 0 bridgehead atoms. The number of nitrogens with one attached hydrogen (secondary N) is 1. The number of hydrogen-bond donors (Lipinski definition) is 1. The van der Waals surface area contributed by atoms with E-state index in [2.05, 4.69) is 10.4 Å². The Morgan fingerprint density at radius 1 is 1.13 bits per heavy atom. The molecule has 1 saturated heterocycles. The molecule has 2 aromatic carbocycles. The van der Waals surface area contributed by atoms with Gasteiger partial charge in [0.25, 0.3) is 5.91 Å². The number of aryl methyl sites for hydroxylation is 1. The summed E-state index contributed by atoms with van der Waals surface area (Å²) in [6.45, 7) is 3.78. The van der Waals surface area contributed by atoms with E-state index in [0.29, 0.717) is 51.4 Å². The second-order valence-electron chi connectivity index (χ2n) is 9.32. The van der Waals surface area contributed by atoms with E-state index in [1.165, 1.54) is 0 Å². The number of carbonyl (C=O) groups excluding carboxylic acids is 2. The molecule has 202 valence electrons. The van der Waals surface area contributed by atoms with E-state index in [1.807, 2.05) is 24.3 Å². The molecule has 2 aromatic heterocycles. The second kappa shape index (κ2) is 10.5. The van der Waals surface area contributed by atoms with Gasteiger partial charge >= 0.3 is 5.97 Å². The Morgan fingerprint density at radius 3 is 2.56 bits per heavy atom. The highest BCUT2D eigenvalue weighted by molar-refractivity contribution is 7.91. The standard InChI is InChI=1S/C28H28N4O6S/c1-4-38-28(34)18-8-10-20(11-9-18)29-27(33)23-15-24(19-6-5-7-22(14-19)37-3)30-26-25(23)17(2)31-32(26)21-12-13-39(35,36)16-21/h5-11,14-15,21H,4,12-13,16H2,1-3H3,(H,29,33). The minimum absolute atomic E-state index is 0.0252. The van der Waals surface area contributed by atoms with Crippen molar-refractivity contribution in [3.8, 4) is 17.0 Å². The second-order valence-corrected chi connectivity index (χ2v) is 11.6. The first-order valence-corrected chi connectivity index (χ1v) is 14.3. The summed E-state index contributed by atoms with van der Waals surface area (Å²) in [5, 5.41) is 8.08. The average molecular weight is 549 g/mol. The smallest absolute Gasteiger partial charge is 0.338 e. The highest BCUT2D eigenvalue weighted by Gasteiger charge is 2.32. The summed E-state index contributed by atoms with van der Waals surface area (Å²) in [6, 6.07) is 15.1. The van der Waals surface area contributed by atoms with Gasteiger partial charge in [0.15, 0.2) is 15.5 Å². The van der Waals surface area contributed by atoms with Gasteiger partial charge in [-0.25, -0.2) is 22.9 Å². The molecular formula is C28H28N4O6S. The Kier molecular flexibility index (Phi) is 7.09. The predicted octanol–water partition coefficient (Wildman–Crippen LogP) is 4.20. The van der Waals surface area contributed by atoms with Crippen LogP contribution in [0.4, 0.5) is 5.69 Å². The highest BCUT2D eigenvalue weighted by atomic mass is 32.2. The van der Waals surface area contributed by atoms with Crippen molar-refractivity contribution in [3.05, 3.63) is 71.4 Å². The molecule has 0 spiro atoms. The minimum atomic E-state index is -3.17. The van der Waals surface area contributed by atoms with Gasteiger partial charge in [0.05, 0.1) is 59.2 Å². The fourth-order valence-electron chi connectivity index (χ4n) is 4.75. The molecule has 1 N–H and O–H groups in total. The van der Waals surface area contributed by atoms with Crippen molar-refractivity contribution in [2.45, 2.75) is 26.3 Å². The first kappa shape index (κ1) is 26.4. The molecule has 5 rings (SSSR count). The monoisotopic (exact) mass is 548 g/mol. The van der Waals surface area contributed by atoms with Crippen LogP contribution in [0.25, 0.3) is 22.3 Å². The number of amides is 1. The Morgan fingerprint density at radius 2 is 1.90 bits per heavy atom. The number of hydrogen-bond acceptors (Lipinski definition) is 8. The third kappa shape index (κ3) is 5.35. The van der Waals surface area contributed by atoms with Crippen molar-refractivity contribution < 1.29 is 27.5 Å². The van der Waals surface area contributed by atoms with Crippen molar-refractivity contribution in [1.82, 2.24) is 14.8 Å². The average Bonchev–Trinajstić information content (AvgIpc) is 3.47. The topological polar surface area (TPSA) is 129 Å². The number of esters is 1. The van der Waals surface area contributed by atoms with Gasteiger partial charge in [-0.2, -0.15) is 5.10 Å². The lowest BCUT2D eigenvalue weighted by atomic mass is 10.0. The number of nitrogens with zero attached hydrogens (tertiary/aromatic N) is 3. The van der Waals surface area contributed by atoms with Crippen molar-refractivity contribution in [2.75, 3.05) is 30.5 Å². The van der Waals surface area contributed by atoms with E-state index in [0.717, 1.165) is 5.56 Å². The van der Waals surface area contributed by atoms with E-state index < -0.39 is 21.7 Å². The van der Waals surface area contributed by atoms with Gasteiger partial charge in [-0.05, 0) is 62.7 Å². The number of pyridine rings is 1. The Balaban J connectivity index is 1.59. The first-order chi connectivity index (χ1) is 18.7. The normalized spacial score (nSPS) is 16.2. The third-order valence-corrected chi connectivity index (χ3v) is 8.41. The molecule has 1 atom stereocenters. The van der Waals surface area contributed by atoms with Crippen LogP contribution in [0.15, 0.2) is 54.6 Å². The van der Waals surface area contributed by atoms with Gasteiger partial charge in [-0.15, -0.1) is 0 Å². The molecule has 4 aromatic rings. The summed E-state index contributed by atoms with van der Waals surface area (Å²) < 4.78 is 36.5. The van der Waals surface area contributed by atoms with Gasteiger partial charge in [0.2, 0.25) is 0 Å². The van der Waals surface area contributed by atoms with Crippen LogP contribution in [0.3, 0.4) is 0 Å². The molecule has 3 heterocycles. The van der Waals surface area contributed by atoms with E-state index >= 15 is 0 Å². The molecule has 1 aliphatic heterocycles. The number of methoxy groups -OCH3 is 1. The van der Waals surface area contributed by atoms with Gasteiger partial charge < -0.3 is 14.8 Å². The van der Waals surface area contributed by atoms with Gasteiger partial charge in [-0.3, -0.25) is 4.79 Å². The zero-order valence-corrected chi connectivity index (χ0v) is 22.6. The lowest BCUT2D eigenvalue weighted by molar-refractivity contribution is 0.0526. The Labute approximate surface area is 225 Å². The zero-order valence-electron chi connectivity index (χ0n) is 21.8. The van der Waals surface area contributed by atoms with Gasteiger partial charge in [-0.1, -0.05) is 12.1 Å². The lowest BCUT2D eigenvalue weighted by Crippen LogP contribution is -2.15. The molecule has 1 amide bonds. The van der Waals surface area contributed by atoms with Crippen molar-refractivity contribution in [1.29, 1.82) is 0 Å². The molecular weight excluding hydrogens is 520 g/mol. The largest absolute Gasteiger partial charge is 0.497 e. The number of carbonyl (C=O) groups is 2. The van der Waals surface area contributed by atoms with Crippen molar-refractivity contribution >= 4 is 38.4 Å². The number of ether oxygens (including phenoxy) is 2. The number of anilines is 1. The summed E-state index contributed by atoms with van der Waals surface area (Å²) in [5.41, 5.74) is 3.48. The van der Waals surface area contributed by atoms with E-state index in [4.69, 9.17) is 14.5 Å². The van der Waals surface area contributed by atoms with Gasteiger partial charge in [0.1, 0.15) is 5.75 Å². The minimum Gasteiger partial charge on any atom is -0.497 e. The zero-order chi connectivity index (χ0) is 27.7. The van der Waals surface area contributed by atoms with Crippen LogP contribution in [0.1, 0.15) is 45.8 Å². The number of rotatable bonds is 7. The van der Waals surface area contributed by atoms with E-state index in [1.54, 1.807) is 56.0 Å². The van der Waals surface area contributed by atoms with Crippen LogP contribution >= 0.6 is 0 Å². The Bertz CT molecular complexity index is 1680. The highest BCUT2D eigenvalue weighted by Crippen LogP contribution is 2.33. The van der Waals surface area contributed by atoms with E-state index in [9.17, 15) is 18.0 Å². The van der Waals surface area contributed by atoms with Crippen LogP contribution in [-0.4, -0.2) is 60.3 Å². The predicted molar refractivity (Wildman–Crippen MR) is 147 cm³/mol. The van der Waals surface area contributed by atoms with Crippen LogP contribution in [0.5, 0.6) is 5.75 Å². The van der Waals surface area contributed by atoms with Crippen molar-refractivity contribution in [2.24, 2.45) is 0 Å². The molecule has 0 radical (unpaired) electrons. The lowest BCUT2D eigenvalue weighted by Gasteiger charge is -2.13. The summed E-state index contributed by atoms with van der Waals surface area (Å²) in [6.07, 6.45) is 0.429. The molecule has 1 aliphatic rings. The van der Waals surface area contributed by atoms with Crippen LogP contribution in [-0.2, 0) is 14.6 Å². The van der Waals surface area contributed by atoms with E-state index in [-0.39, 0.29) is 24.2 Å². The SMILES string of the molecule is CCOC(=O)c1ccc(NC(=O)c2cc(-c3cccc(OC)c3)nc3c2c(C)nn3C2CCS(=O)(=O)C2)cc1. The maximum atomic E-state index is 13.7. The molecule has 10 nitrogen and oxygen atoms in total. The van der Waals surface area contributed by atoms with Crippen molar-refractivity contribution in [3.63, 3.8) is 0 Å². The maximum absolute atomic E-state index is 13.7. The third-order valence-electron chi connectivity index (χ3n) is 6.66. The fraction of sp³-hybridized carbons (Fsp3) is 0.286. The summed E-state index contributed by atoms with van der Waals surface area (Å²) >= 11 is 0. The summed E-state index contributed by atoms with van der Waals surface area (Å²) in [7, 11) is -1.60. The number of benzene rings is 2. The van der Waals surface area contributed by atoms with Crippen LogP contribution in [0.2, 0.25) is 0 Å². The maximum Gasteiger partial charge on any atom is 0.338 e. The molecule has 39 heavy (non-hydrogen) atoms. The number of fused-ring (bicyclic) bond motifs is 1. The number of aromatic nitrogens is 3. The first-order valence-electron chi connectivity index (χ1n) is 12.5. The quantitative estimate of drug-likeness (QED) is 0.340. The molecule has 1 unspecified atom stereocenters. The molecule has 0 aliphatic carbocycles. The van der Waals surface area contributed by atoms with Crippen LogP contribution in [0, 0.1) is 6.92 Å². The van der Waals surface area contributed by atoms with Gasteiger partial charge in [0, 0.05) is 11.3 Å². The summed E-state index contributed by atoms with van der Waals surface area (Å²) in [5.74, 6) is -0.136. The Hall–Kier alpha value is -4.25. The molecule has 1 fully saturated rings. The molecule has 0 saturated carbocycles. The summed E-state index contributed by atoms with van der Waals surface area (Å²) in [4.78, 5) is 30.5. The fourth-order valence-corrected chi connectivity index (χ4v) is 6.44. The van der Waals surface area contributed by atoms with Crippen LogP contribution < -0.4 is 10.1 Å².